The Hall–Kier alpha value is -3.16. The van der Waals surface area contributed by atoms with Gasteiger partial charge in [-0.15, -0.1) is 6.58 Å². The molecule has 132 valence electrons. The standard InChI is InChI=1S/C17H19N3O5/c1-4-9-19-15(22)16(23)20(17(19)24)11-14(21)18(2)10-12-7-5-6-8-13(12)25-3/h4-8H,1,9-11H2,2-3H3. The van der Waals surface area contributed by atoms with Gasteiger partial charge in [0.15, 0.2) is 0 Å². The molecule has 1 aromatic rings. The van der Waals surface area contributed by atoms with Crippen LogP contribution in [-0.2, 0) is 20.9 Å². The van der Waals surface area contributed by atoms with Gasteiger partial charge in [0.25, 0.3) is 0 Å². The van der Waals surface area contributed by atoms with E-state index in [1.54, 1.807) is 13.1 Å². The molecule has 0 aliphatic carbocycles. The molecule has 1 saturated heterocycles. The Labute approximate surface area is 145 Å². The Morgan fingerprint density at radius 1 is 1.20 bits per heavy atom. The number of urea groups is 1. The number of hydrogen-bond acceptors (Lipinski definition) is 5. The number of methoxy groups -OCH3 is 1. The van der Waals surface area contributed by atoms with Gasteiger partial charge in [0, 0.05) is 25.7 Å². The zero-order valence-electron chi connectivity index (χ0n) is 14.1. The van der Waals surface area contributed by atoms with Crippen LogP contribution in [0.4, 0.5) is 4.79 Å². The molecule has 5 amide bonds. The molecule has 2 rings (SSSR count). The monoisotopic (exact) mass is 345 g/mol. The van der Waals surface area contributed by atoms with Crippen LogP contribution in [0.15, 0.2) is 36.9 Å². The first kappa shape index (κ1) is 18.2. The maximum Gasteiger partial charge on any atom is 0.335 e. The maximum atomic E-state index is 12.4. The first-order chi connectivity index (χ1) is 11.9. The van der Waals surface area contributed by atoms with Crippen molar-refractivity contribution in [1.29, 1.82) is 0 Å². The van der Waals surface area contributed by atoms with Crippen LogP contribution in [0.1, 0.15) is 5.56 Å². The minimum atomic E-state index is -1.01. The highest BCUT2D eigenvalue weighted by Crippen LogP contribution is 2.19. The highest BCUT2D eigenvalue weighted by atomic mass is 16.5. The third-order valence-corrected chi connectivity index (χ3v) is 3.77. The average Bonchev–Trinajstić information content (AvgIpc) is 2.80. The number of benzene rings is 1. The van der Waals surface area contributed by atoms with E-state index >= 15 is 0 Å². The van der Waals surface area contributed by atoms with Crippen LogP contribution in [0.25, 0.3) is 0 Å². The van der Waals surface area contributed by atoms with Crippen molar-refractivity contribution >= 4 is 23.8 Å². The van der Waals surface area contributed by atoms with Crippen LogP contribution < -0.4 is 4.74 Å². The number of nitrogens with zero attached hydrogens (tertiary/aromatic N) is 3. The number of carbonyl (C=O) groups is 4. The van der Waals surface area contributed by atoms with E-state index in [9.17, 15) is 19.2 Å². The molecule has 0 aromatic heterocycles. The van der Waals surface area contributed by atoms with E-state index in [-0.39, 0.29) is 13.1 Å². The van der Waals surface area contributed by atoms with Gasteiger partial charge in [-0.05, 0) is 6.07 Å². The number of para-hydroxylation sites is 1. The summed E-state index contributed by atoms with van der Waals surface area (Å²) in [5, 5.41) is 0. The summed E-state index contributed by atoms with van der Waals surface area (Å²) in [4.78, 5) is 50.9. The van der Waals surface area contributed by atoms with Crippen molar-refractivity contribution in [3.05, 3.63) is 42.5 Å². The van der Waals surface area contributed by atoms with Crippen molar-refractivity contribution in [3.63, 3.8) is 0 Å². The number of ether oxygens (including phenoxy) is 1. The Morgan fingerprint density at radius 2 is 1.84 bits per heavy atom. The average molecular weight is 345 g/mol. The fraction of sp³-hybridized carbons (Fsp3) is 0.294. The molecule has 25 heavy (non-hydrogen) atoms. The van der Waals surface area contributed by atoms with Gasteiger partial charge in [-0.2, -0.15) is 0 Å². The fourth-order valence-corrected chi connectivity index (χ4v) is 2.41. The third kappa shape index (κ3) is 3.68. The quantitative estimate of drug-likeness (QED) is 0.411. The van der Waals surface area contributed by atoms with E-state index in [2.05, 4.69) is 6.58 Å². The zero-order valence-corrected chi connectivity index (χ0v) is 14.1. The van der Waals surface area contributed by atoms with E-state index in [0.29, 0.717) is 10.6 Å². The first-order valence-electron chi connectivity index (χ1n) is 7.54. The number of rotatable bonds is 7. The topological polar surface area (TPSA) is 87.2 Å². The molecular weight excluding hydrogens is 326 g/mol. The molecule has 0 spiro atoms. The lowest BCUT2D eigenvalue weighted by Crippen LogP contribution is -2.42. The van der Waals surface area contributed by atoms with E-state index in [4.69, 9.17) is 4.74 Å². The molecule has 1 aliphatic rings. The van der Waals surface area contributed by atoms with Gasteiger partial charge in [-0.3, -0.25) is 19.3 Å². The number of carbonyl (C=O) groups excluding carboxylic acids is 4. The molecule has 0 bridgehead atoms. The molecule has 1 fully saturated rings. The second-order valence-corrected chi connectivity index (χ2v) is 5.44. The van der Waals surface area contributed by atoms with Gasteiger partial charge in [0.2, 0.25) is 5.91 Å². The Bertz CT molecular complexity index is 731. The van der Waals surface area contributed by atoms with Crippen LogP contribution in [0, 0.1) is 0 Å². The third-order valence-electron chi connectivity index (χ3n) is 3.77. The Kier molecular flexibility index (Phi) is 5.53. The molecule has 0 unspecified atom stereocenters. The zero-order chi connectivity index (χ0) is 18.6. The molecule has 8 heteroatoms. The van der Waals surface area contributed by atoms with E-state index < -0.39 is 30.3 Å². The van der Waals surface area contributed by atoms with Crippen molar-refractivity contribution in [2.45, 2.75) is 6.54 Å². The molecule has 0 saturated carbocycles. The summed E-state index contributed by atoms with van der Waals surface area (Å²) < 4.78 is 5.23. The van der Waals surface area contributed by atoms with Crippen LogP contribution in [0.3, 0.4) is 0 Å². The minimum Gasteiger partial charge on any atom is -0.496 e. The summed E-state index contributed by atoms with van der Waals surface area (Å²) in [5.74, 6) is -1.81. The Morgan fingerprint density at radius 3 is 2.48 bits per heavy atom. The summed E-state index contributed by atoms with van der Waals surface area (Å²) in [6.45, 7) is 3.10. The van der Waals surface area contributed by atoms with Gasteiger partial charge in [0.05, 0.1) is 7.11 Å². The summed E-state index contributed by atoms with van der Waals surface area (Å²) in [6.07, 6.45) is 1.34. The number of amides is 5. The molecule has 1 aromatic carbocycles. The van der Waals surface area contributed by atoms with Gasteiger partial charge < -0.3 is 9.64 Å². The van der Waals surface area contributed by atoms with Crippen molar-refractivity contribution in [3.8, 4) is 5.75 Å². The van der Waals surface area contributed by atoms with Crippen molar-refractivity contribution in [2.24, 2.45) is 0 Å². The van der Waals surface area contributed by atoms with Crippen LogP contribution in [0.5, 0.6) is 5.75 Å². The van der Waals surface area contributed by atoms with Crippen LogP contribution in [0.2, 0.25) is 0 Å². The maximum absolute atomic E-state index is 12.4. The highest BCUT2D eigenvalue weighted by molar-refractivity contribution is 6.45. The van der Waals surface area contributed by atoms with Crippen molar-refractivity contribution < 1.29 is 23.9 Å². The second kappa shape index (κ2) is 7.61. The largest absolute Gasteiger partial charge is 0.496 e. The smallest absolute Gasteiger partial charge is 0.335 e. The molecule has 8 nitrogen and oxygen atoms in total. The summed E-state index contributed by atoms with van der Waals surface area (Å²) >= 11 is 0. The molecule has 0 atom stereocenters. The lowest BCUT2D eigenvalue weighted by molar-refractivity contribution is -0.144. The van der Waals surface area contributed by atoms with E-state index in [1.807, 2.05) is 18.2 Å². The van der Waals surface area contributed by atoms with E-state index in [1.165, 1.54) is 18.1 Å². The highest BCUT2D eigenvalue weighted by Gasteiger charge is 2.44. The van der Waals surface area contributed by atoms with Gasteiger partial charge in [0.1, 0.15) is 12.3 Å². The number of likely N-dealkylation sites (N-methyl/N-ethyl adjacent to an activating group) is 1. The second-order valence-electron chi connectivity index (χ2n) is 5.44. The lowest BCUT2D eigenvalue weighted by Gasteiger charge is -2.21. The Balaban J connectivity index is 2.06. The molecule has 0 N–H and O–H groups in total. The van der Waals surface area contributed by atoms with Crippen LogP contribution in [-0.4, -0.2) is 65.7 Å². The van der Waals surface area contributed by atoms with Gasteiger partial charge in [-0.25, -0.2) is 9.69 Å². The normalized spacial score (nSPS) is 14.1. The van der Waals surface area contributed by atoms with E-state index in [0.717, 1.165) is 10.5 Å². The molecule has 0 radical (unpaired) electrons. The summed E-state index contributed by atoms with van der Waals surface area (Å²) in [6, 6.07) is 6.40. The molecule has 1 heterocycles. The molecular formula is C17H19N3O5. The fourth-order valence-electron chi connectivity index (χ4n) is 2.41. The van der Waals surface area contributed by atoms with Crippen LogP contribution >= 0.6 is 0 Å². The predicted octanol–water partition coefficient (Wildman–Crippen LogP) is 0.630. The predicted molar refractivity (Wildman–Crippen MR) is 88.5 cm³/mol. The summed E-state index contributed by atoms with van der Waals surface area (Å²) in [7, 11) is 3.07. The minimum absolute atomic E-state index is 0.0782. The number of imide groups is 2. The van der Waals surface area contributed by atoms with Gasteiger partial charge >= 0.3 is 17.8 Å². The van der Waals surface area contributed by atoms with Crippen molar-refractivity contribution in [2.75, 3.05) is 27.2 Å². The summed E-state index contributed by atoms with van der Waals surface area (Å²) in [5.41, 5.74) is 0.782. The van der Waals surface area contributed by atoms with Crippen molar-refractivity contribution in [1.82, 2.24) is 14.7 Å². The number of hydrogen-bond donors (Lipinski definition) is 0. The molecule has 1 aliphatic heterocycles. The SMILES string of the molecule is C=CCN1C(=O)C(=O)N(CC(=O)N(C)Cc2ccccc2OC)C1=O. The lowest BCUT2D eigenvalue weighted by atomic mass is 10.2. The first-order valence-corrected chi connectivity index (χ1v) is 7.54. The van der Waals surface area contributed by atoms with Gasteiger partial charge in [-0.1, -0.05) is 24.3 Å².